The molecule has 3 amide bonds. The highest BCUT2D eigenvalue weighted by Gasteiger charge is 2.51. The molecule has 2 N–H and O–H groups in total. The molecule has 0 radical (unpaired) electrons. The van der Waals surface area contributed by atoms with Crippen LogP contribution < -0.4 is 10.2 Å². The fourth-order valence-electron chi connectivity index (χ4n) is 6.39. The van der Waals surface area contributed by atoms with E-state index in [0.717, 1.165) is 4.90 Å². The van der Waals surface area contributed by atoms with Gasteiger partial charge in [-0.1, -0.05) is 42.5 Å². The number of fused-ring (bicyclic) bond motifs is 4. The van der Waals surface area contributed by atoms with E-state index in [2.05, 4.69) is 5.32 Å². The maximum atomic E-state index is 13.6. The third-order valence-electron chi connectivity index (χ3n) is 8.45. The molecule has 7 rings (SSSR count). The van der Waals surface area contributed by atoms with Crippen LogP contribution in [0.15, 0.2) is 83.8 Å². The third-order valence-corrected chi connectivity index (χ3v) is 10.4. The van der Waals surface area contributed by atoms with Crippen molar-refractivity contribution in [2.45, 2.75) is 55.1 Å². The smallest absolute Gasteiger partial charge is 0.326 e. The van der Waals surface area contributed by atoms with Gasteiger partial charge in [-0.3, -0.25) is 14.4 Å². The van der Waals surface area contributed by atoms with Crippen molar-refractivity contribution >= 4 is 39.4 Å². The molecule has 3 aromatic carbocycles. The van der Waals surface area contributed by atoms with E-state index < -0.39 is 45.8 Å². The fourth-order valence-corrected chi connectivity index (χ4v) is 8.31. The summed E-state index contributed by atoms with van der Waals surface area (Å²) in [6.07, 6.45) is 2.63. The molecule has 2 bridgehead atoms. The molecule has 10 nitrogen and oxygen atoms in total. The second-order valence-corrected chi connectivity index (χ2v) is 12.8. The van der Waals surface area contributed by atoms with Gasteiger partial charge in [0.15, 0.2) is 0 Å². The van der Waals surface area contributed by atoms with Gasteiger partial charge in [0.25, 0.3) is 11.8 Å². The molecule has 0 aromatic heterocycles. The van der Waals surface area contributed by atoms with Crippen molar-refractivity contribution in [2.75, 3.05) is 4.90 Å². The Morgan fingerprint density at radius 2 is 1.40 bits per heavy atom. The molecule has 42 heavy (non-hydrogen) atoms. The summed E-state index contributed by atoms with van der Waals surface area (Å²) < 4.78 is 28.6. The summed E-state index contributed by atoms with van der Waals surface area (Å²) in [7, 11) is -3.98. The Morgan fingerprint density at radius 3 is 1.98 bits per heavy atom. The first-order valence-electron chi connectivity index (χ1n) is 13.9. The number of nitrogens with zero attached hydrogens (tertiary/aromatic N) is 2. The Hall–Kier alpha value is -4.35. The van der Waals surface area contributed by atoms with E-state index in [1.54, 1.807) is 66.7 Å². The SMILES string of the molecule is O=C(O)[C@H](Cc1ccc(N2C(=O)c3ccccc3C2=O)cc1)NC(=O)[C@@H]1C2CCC(CC2)N1S(=O)(=O)c1ccccc1. The number of hydrogen-bond donors (Lipinski definition) is 2. The number of rotatable bonds is 8. The lowest BCUT2D eigenvalue weighted by Gasteiger charge is -2.49. The summed E-state index contributed by atoms with van der Waals surface area (Å²) in [5, 5.41) is 12.6. The van der Waals surface area contributed by atoms with E-state index in [1.807, 2.05) is 0 Å². The van der Waals surface area contributed by atoms with E-state index in [0.29, 0.717) is 48.1 Å². The van der Waals surface area contributed by atoms with Crippen LogP contribution in [0.4, 0.5) is 5.69 Å². The van der Waals surface area contributed by atoms with Crippen molar-refractivity contribution in [3.8, 4) is 0 Å². The van der Waals surface area contributed by atoms with Gasteiger partial charge in [0.2, 0.25) is 15.9 Å². The van der Waals surface area contributed by atoms with Crippen molar-refractivity contribution in [2.24, 2.45) is 5.92 Å². The Labute approximate surface area is 243 Å². The van der Waals surface area contributed by atoms with Gasteiger partial charge in [0.1, 0.15) is 12.1 Å². The molecule has 0 unspecified atom stereocenters. The zero-order chi connectivity index (χ0) is 29.6. The van der Waals surface area contributed by atoms with E-state index in [1.165, 1.54) is 16.4 Å². The van der Waals surface area contributed by atoms with Gasteiger partial charge >= 0.3 is 5.97 Å². The Balaban J connectivity index is 1.20. The van der Waals surface area contributed by atoms with E-state index in [4.69, 9.17) is 0 Å². The summed E-state index contributed by atoms with van der Waals surface area (Å²) in [4.78, 5) is 52.6. The number of hydrogen-bond acceptors (Lipinski definition) is 6. The van der Waals surface area contributed by atoms with E-state index in [-0.39, 0.29) is 23.3 Å². The Morgan fingerprint density at radius 1 is 0.833 bits per heavy atom. The summed E-state index contributed by atoms with van der Waals surface area (Å²) in [5.74, 6) is -2.96. The number of carboxylic acid groups (broad SMARTS) is 1. The van der Waals surface area contributed by atoms with Crippen LogP contribution in [-0.4, -0.2) is 59.6 Å². The lowest BCUT2D eigenvalue weighted by molar-refractivity contribution is -0.143. The molecule has 3 aromatic rings. The Bertz CT molecular complexity index is 1630. The number of carbonyl (C=O) groups excluding carboxylic acids is 3. The van der Waals surface area contributed by atoms with Crippen LogP contribution in [0.3, 0.4) is 0 Å². The third kappa shape index (κ3) is 4.78. The quantitative estimate of drug-likeness (QED) is 0.386. The Kier molecular flexibility index (Phi) is 7.15. The van der Waals surface area contributed by atoms with Crippen LogP contribution in [0, 0.1) is 5.92 Å². The predicted octanol–water partition coefficient (Wildman–Crippen LogP) is 3.23. The number of carboxylic acids is 1. The van der Waals surface area contributed by atoms with Crippen molar-refractivity contribution in [1.29, 1.82) is 0 Å². The van der Waals surface area contributed by atoms with Crippen LogP contribution in [0.5, 0.6) is 0 Å². The molecular weight excluding hydrogens is 558 g/mol. The average molecular weight is 588 g/mol. The van der Waals surface area contributed by atoms with Crippen LogP contribution >= 0.6 is 0 Å². The molecule has 1 aliphatic carbocycles. The number of anilines is 1. The molecule has 3 aliphatic heterocycles. The molecule has 11 heteroatoms. The highest BCUT2D eigenvalue weighted by Crippen LogP contribution is 2.42. The highest BCUT2D eigenvalue weighted by molar-refractivity contribution is 7.89. The molecule has 2 atom stereocenters. The van der Waals surface area contributed by atoms with Gasteiger partial charge < -0.3 is 10.4 Å². The number of carbonyl (C=O) groups is 4. The number of imide groups is 1. The minimum absolute atomic E-state index is 0.0737. The number of piperidine rings is 2. The van der Waals surface area contributed by atoms with Gasteiger partial charge in [-0.25, -0.2) is 18.1 Å². The van der Waals surface area contributed by atoms with Gasteiger partial charge in [-0.2, -0.15) is 4.31 Å². The van der Waals surface area contributed by atoms with Gasteiger partial charge in [-0.15, -0.1) is 0 Å². The number of aliphatic carboxylic acids is 1. The number of nitrogens with one attached hydrogen (secondary N) is 1. The zero-order valence-electron chi connectivity index (χ0n) is 22.5. The minimum atomic E-state index is -3.98. The molecular formula is C31H29N3O7S. The number of benzene rings is 3. The first-order chi connectivity index (χ1) is 20.2. The van der Waals surface area contributed by atoms with Crippen molar-refractivity contribution in [3.63, 3.8) is 0 Å². The predicted molar refractivity (Wildman–Crippen MR) is 152 cm³/mol. The second kappa shape index (κ2) is 10.8. The second-order valence-electron chi connectivity index (χ2n) is 10.9. The normalized spacial score (nSPS) is 22.6. The van der Waals surface area contributed by atoms with Crippen LogP contribution in [0.25, 0.3) is 0 Å². The molecule has 216 valence electrons. The van der Waals surface area contributed by atoms with Crippen LogP contribution in [0.1, 0.15) is 52.0 Å². The van der Waals surface area contributed by atoms with E-state index >= 15 is 0 Å². The molecule has 3 heterocycles. The maximum Gasteiger partial charge on any atom is 0.326 e. The molecule has 4 aliphatic rings. The lowest BCUT2D eigenvalue weighted by atomic mass is 9.76. The first-order valence-corrected chi connectivity index (χ1v) is 15.3. The van der Waals surface area contributed by atoms with Crippen molar-refractivity contribution in [1.82, 2.24) is 9.62 Å². The minimum Gasteiger partial charge on any atom is -0.480 e. The molecule has 1 saturated carbocycles. The molecule has 2 saturated heterocycles. The van der Waals surface area contributed by atoms with E-state index in [9.17, 15) is 32.7 Å². The maximum absolute atomic E-state index is 13.6. The lowest BCUT2D eigenvalue weighted by Crippen LogP contribution is -2.63. The summed E-state index contributed by atoms with van der Waals surface area (Å²) in [5.41, 5.74) is 1.54. The van der Waals surface area contributed by atoms with Crippen LogP contribution in [0.2, 0.25) is 0 Å². The fraction of sp³-hybridized carbons (Fsp3) is 0.290. The zero-order valence-corrected chi connectivity index (χ0v) is 23.4. The summed E-state index contributed by atoms with van der Waals surface area (Å²) in [6, 6.07) is 18.2. The van der Waals surface area contributed by atoms with Gasteiger partial charge in [-0.05, 0) is 73.6 Å². The average Bonchev–Trinajstić information content (AvgIpc) is 3.27. The van der Waals surface area contributed by atoms with Crippen molar-refractivity contribution < 1.29 is 32.7 Å². The molecule has 0 spiro atoms. The number of sulfonamides is 1. The van der Waals surface area contributed by atoms with Gasteiger partial charge in [0, 0.05) is 12.5 Å². The number of amides is 3. The standard InChI is InChI=1S/C31H29N3O7S/c35-28(27-20-12-16-22(17-13-20)34(27)42(40,41)23-6-2-1-3-7-23)32-26(31(38)39)18-19-10-14-21(15-11-19)33-29(36)24-8-4-5-9-25(24)30(33)37/h1-11,14-15,20,22,26-27H,12-13,16-18H2,(H,32,35)(H,38,39)/t20?,22?,26-,27-/m0/s1. The highest BCUT2D eigenvalue weighted by atomic mass is 32.2. The van der Waals surface area contributed by atoms with Crippen LogP contribution in [-0.2, 0) is 26.0 Å². The first kappa shape index (κ1) is 27.8. The monoisotopic (exact) mass is 587 g/mol. The topological polar surface area (TPSA) is 141 Å². The summed E-state index contributed by atoms with van der Waals surface area (Å²) >= 11 is 0. The van der Waals surface area contributed by atoms with Gasteiger partial charge in [0.05, 0.1) is 21.7 Å². The van der Waals surface area contributed by atoms with Crippen molar-refractivity contribution in [3.05, 3.63) is 95.6 Å². The summed E-state index contributed by atoms with van der Waals surface area (Å²) in [6.45, 7) is 0. The molecule has 3 fully saturated rings. The largest absolute Gasteiger partial charge is 0.480 e.